The average molecular weight is 406 g/mol. The molecule has 2 aliphatic rings. The number of carbonyl (C=O) groups excluding carboxylic acids is 2. The molecule has 1 atom stereocenters. The second-order valence-electron chi connectivity index (χ2n) is 8.31. The minimum atomic E-state index is -0.100. The molecular weight excluding hydrogens is 370 g/mol. The van der Waals surface area contributed by atoms with Crippen LogP contribution in [0.2, 0.25) is 0 Å². The highest BCUT2D eigenvalue weighted by atomic mass is 16.5. The van der Waals surface area contributed by atoms with Gasteiger partial charge in [0.25, 0.3) is 0 Å². The van der Waals surface area contributed by atoms with Gasteiger partial charge >= 0.3 is 0 Å². The van der Waals surface area contributed by atoms with Crippen LogP contribution in [0.4, 0.5) is 0 Å². The maximum Gasteiger partial charge on any atom is 0.224 e. The summed E-state index contributed by atoms with van der Waals surface area (Å²) in [6.07, 6.45) is 5.81. The lowest BCUT2D eigenvalue weighted by Crippen LogP contribution is -2.49. The standard InChI is InChI=1S/C21H35N5O3/c1-17(2)20-22-7-9-25(20)8-3-6-23-21(28)18-4-5-19(27)26(16-18)11-10-24-12-14-29-15-13-24/h7,9,17-18H,3-6,8,10-16H2,1-2H3,(H,23,28)/t18-/m1/s1. The van der Waals surface area contributed by atoms with Gasteiger partial charge in [-0.1, -0.05) is 13.8 Å². The summed E-state index contributed by atoms with van der Waals surface area (Å²) in [6, 6.07) is 0. The Kier molecular flexibility index (Phi) is 8.06. The lowest BCUT2D eigenvalue weighted by atomic mass is 9.96. The van der Waals surface area contributed by atoms with E-state index in [4.69, 9.17) is 4.74 Å². The lowest BCUT2D eigenvalue weighted by molar-refractivity contribution is -0.138. The normalized spacial score (nSPS) is 21.0. The Labute approximate surface area is 173 Å². The summed E-state index contributed by atoms with van der Waals surface area (Å²) in [5.41, 5.74) is 0. The number of hydrogen-bond donors (Lipinski definition) is 1. The molecule has 8 nitrogen and oxygen atoms in total. The molecule has 8 heteroatoms. The lowest BCUT2D eigenvalue weighted by Gasteiger charge is -2.34. The largest absolute Gasteiger partial charge is 0.379 e. The Morgan fingerprint density at radius 2 is 2.07 bits per heavy atom. The van der Waals surface area contributed by atoms with Crippen molar-refractivity contribution in [3.05, 3.63) is 18.2 Å². The van der Waals surface area contributed by atoms with Gasteiger partial charge in [-0.2, -0.15) is 0 Å². The van der Waals surface area contributed by atoms with Gasteiger partial charge in [0, 0.05) is 70.5 Å². The van der Waals surface area contributed by atoms with Crippen molar-refractivity contribution in [1.82, 2.24) is 24.7 Å². The molecule has 3 rings (SSSR count). The van der Waals surface area contributed by atoms with E-state index in [0.717, 1.165) is 51.6 Å². The molecular formula is C21H35N5O3. The predicted octanol–water partition coefficient (Wildman–Crippen LogP) is 1.08. The zero-order valence-electron chi connectivity index (χ0n) is 17.8. The topological polar surface area (TPSA) is 79.7 Å². The SMILES string of the molecule is CC(C)c1nccn1CCCNC(=O)[C@@H]1CCC(=O)N(CCN2CCOCC2)C1. The maximum absolute atomic E-state index is 12.6. The second kappa shape index (κ2) is 10.7. The van der Waals surface area contributed by atoms with E-state index in [1.165, 1.54) is 0 Å². The van der Waals surface area contributed by atoms with Crippen LogP contribution in [0.25, 0.3) is 0 Å². The summed E-state index contributed by atoms with van der Waals surface area (Å²) < 4.78 is 7.53. The Bertz CT molecular complexity index is 669. The van der Waals surface area contributed by atoms with Crippen LogP contribution in [0, 0.1) is 5.92 Å². The number of aryl methyl sites for hydroxylation is 1. The molecule has 2 aliphatic heterocycles. The monoisotopic (exact) mass is 405 g/mol. The first kappa shape index (κ1) is 21.8. The third kappa shape index (κ3) is 6.27. The quantitative estimate of drug-likeness (QED) is 0.622. The average Bonchev–Trinajstić information content (AvgIpc) is 3.20. The molecule has 0 aromatic carbocycles. The molecule has 1 aromatic heterocycles. The van der Waals surface area contributed by atoms with Gasteiger partial charge in [-0.05, 0) is 12.8 Å². The number of nitrogens with zero attached hydrogens (tertiary/aromatic N) is 4. The van der Waals surface area contributed by atoms with E-state index < -0.39 is 0 Å². The van der Waals surface area contributed by atoms with E-state index in [9.17, 15) is 9.59 Å². The highest BCUT2D eigenvalue weighted by Gasteiger charge is 2.30. The van der Waals surface area contributed by atoms with Crippen LogP contribution in [-0.2, 0) is 20.9 Å². The smallest absolute Gasteiger partial charge is 0.224 e. The highest BCUT2D eigenvalue weighted by molar-refractivity contribution is 5.83. The molecule has 1 aromatic rings. The van der Waals surface area contributed by atoms with Crippen LogP contribution in [0.3, 0.4) is 0 Å². The molecule has 2 amide bonds. The predicted molar refractivity (Wildman–Crippen MR) is 111 cm³/mol. The molecule has 0 radical (unpaired) electrons. The summed E-state index contributed by atoms with van der Waals surface area (Å²) in [5, 5.41) is 3.07. The minimum Gasteiger partial charge on any atom is -0.379 e. The van der Waals surface area contributed by atoms with Crippen LogP contribution >= 0.6 is 0 Å². The van der Waals surface area contributed by atoms with Gasteiger partial charge in [0.2, 0.25) is 11.8 Å². The number of rotatable bonds is 9. The molecule has 2 saturated heterocycles. The zero-order chi connectivity index (χ0) is 20.6. The van der Waals surface area contributed by atoms with Crippen molar-refractivity contribution in [3.63, 3.8) is 0 Å². The molecule has 3 heterocycles. The van der Waals surface area contributed by atoms with E-state index in [1.807, 2.05) is 17.3 Å². The number of carbonyl (C=O) groups is 2. The summed E-state index contributed by atoms with van der Waals surface area (Å²) in [5.74, 6) is 1.62. The fourth-order valence-electron chi connectivity index (χ4n) is 4.05. The van der Waals surface area contributed by atoms with Crippen molar-refractivity contribution in [2.24, 2.45) is 5.92 Å². The van der Waals surface area contributed by atoms with Gasteiger partial charge in [-0.15, -0.1) is 0 Å². The first-order valence-electron chi connectivity index (χ1n) is 10.9. The number of aromatic nitrogens is 2. The van der Waals surface area contributed by atoms with Gasteiger partial charge in [0.15, 0.2) is 0 Å². The van der Waals surface area contributed by atoms with Crippen molar-refractivity contribution < 1.29 is 14.3 Å². The summed E-state index contributed by atoms with van der Waals surface area (Å²) in [7, 11) is 0. The van der Waals surface area contributed by atoms with E-state index in [1.54, 1.807) is 0 Å². The van der Waals surface area contributed by atoms with E-state index in [-0.39, 0.29) is 17.7 Å². The molecule has 162 valence electrons. The Morgan fingerprint density at radius 3 is 2.83 bits per heavy atom. The van der Waals surface area contributed by atoms with E-state index in [2.05, 4.69) is 33.6 Å². The Balaban J connectivity index is 1.38. The molecule has 0 unspecified atom stereocenters. The zero-order valence-corrected chi connectivity index (χ0v) is 17.8. The first-order chi connectivity index (χ1) is 14.0. The van der Waals surface area contributed by atoms with Crippen molar-refractivity contribution in [3.8, 4) is 0 Å². The Hall–Kier alpha value is -1.93. The maximum atomic E-state index is 12.6. The molecule has 0 aliphatic carbocycles. The number of morpholine rings is 1. The highest BCUT2D eigenvalue weighted by Crippen LogP contribution is 2.18. The van der Waals surface area contributed by atoms with Gasteiger partial charge < -0.3 is 19.5 Å². The third-order valence-electron chi connectivity index (χ3n) is 5.80. The van der Waals surface area contributed by atoms with Gasteiger partial charge in [0.1, 0.15) is 5.82 Å². The van der Waals surface area contributed by atoms with Crippen LogP contribution in [0.15, 0.2) is 12.4 Å². The van der Waals surface area contributed by atoms with Crippen LogP contribution in [-0.4, -0.2) is 83.6 Å². The van der Waals surface area contributed by atoms with Crippen molar-refractivity contribution in [2.75, 3.05) is 52.5 Å². The van der Waals surface area contributed by atoms with Crippen LogP contribution in [0.1, 0.15) is 44.9 Å². The number of nitrogens with one attached hydrogen (secondary N) is 1. The molecule has 29 heavy (non-hydrogen) atoms. The molecule has 0 bridgehead atoms. The van der Waals surface area contributed by atoms with Gasteiger partial charge in [0.05, 0.1) is 19.1 Å². The van der Waals surface area contributed by atoms with Crippen LogP contribution in [0.5, 0.6) is 0 Å². The molecule has 2 fully saturated rings. The number of ether oxygens (including phenoxy) is 1. The van der Waals surface area contributed by atoms with Crippen molar-refractivity contribution in [2.45, 2.75) is 45.6 Å². The summed E-state index contributed by atoms with van der Waals surface area (Å²) in [4.78, 5) is 33.4. The molecule has 1 N–H and O–H groups in total. The Morgan fingerprint density at radius 1 is 1.28 bits per heavy atom. The number of amides is 2. The number of imidazole rings is 1. The van der Waals surface area contributed by atoms with E-state index >= 15 is 0 Å². The molecule has 0 spiro atoms. The van der Waals surface area contributed by atoms with Crippen LogP contribution < -0.4 is 5.32 Å². The van der Waals surface area contributed by atoms with E-state index in [0.29, 0.717) is 38.4 Å². The first-order valence-corrected chi connectivity index (χ1v) is 10.9. The summed E-state index contributed by atoms with van der Waals surface area (Å²) in [6.45, 7) is 11.2. The second-order valence-corrected chi connectivity index (χ2v) is 8.31. The third-order valence-corrected chi connectivity index (χ3v) is 5.80. The summed E-state index contributed by atoms with van der Waals surface area (Å²) >= 11 is 0. The van der Waals surface area contributed by atoms with Gasteiger partial charge in [-0.3, -0.25) is 14.5 Å². The number of hydrogen-bond acceptors (Lipinski definition) is 5. The number of likely N-dealkylation sites (tertiary alicyclic amines) is 1. The molecule has 0 saturated carbocycles. The van der Waals surface area contributed by atoms with Crippen molar-refractivity contribution >= 4 is 11.8 Å². The minimum absolute atomic E-state index is 0.0728. The van der Waals surface area contributed by atoms with Gasteiger partial charge in [-0.25, -0.2) is 4.98 Å². The fourth-order valence-corrected chi connectivity index (χ4v) is 4.05. The number of piperidine rings is 1. The van der Waals surface area contributed by atoms with Crippen molar-refractivity contribution in [1.29, 1.82) is 0 Å². The fraction of sp³-hybridized carbons (Fsp3) is 0.762.